The number of phosphoric ester groups is 1. The summed E-state index contributed by atoms with van der Waals surface area (Å²) in [6, 6.07) is 0. The first kappa shape index (κ1) is 49.6. The standard InChI is InChI=1S/C40H79O6P.H3N/c1-3-5-7-9-11-13-15-17-19-21-23-25-27-29-31-33-35-43-37-39-45-47(41,42)46-40-38-44-36-34-32-30-28-26-24-22-20-18-16-14-12-10-8-6-4-2;/h17-20H,3-16,21-40H2,1-2H3,(H,41,42);1H3/b19-17-,20-18-;. The first-order valence-electron chi connectivity index (χ1n) is 20.2. The lowest BCUT2D eigenvalue weighted by molar-refractivity contribution is -0.227. The Morgan fingerprint density at radius 3 is 0.979 bits per heavy atom. The van der Waals surface area contributed by atoms with Crippen LogP contribution in [0.4, 0.5) is 0 Å². The summed E-state index contributed by atoms with van der Waals surface area (Å²) in [5.41, 5.74) is 0. The number of phosphoric acid groups is 1. The maximum atomic E-state index is 11.9. The van der Waals surface area contributed by atoms with E-state index in [9.17, 15) is 9.46 Å². The molecule has 0 radical (unpaired) electrons. The normalized spacial score (nSPS) is 12.1. The van der Waals surface area contributed by atoms with Crippen LogP contribution in [0.5, 0.6) is 0 Å². The van der Waals surface area contributed by atoms with Gasteiger partial charge in [0.05, 0.1) is 26.4 Å². The molecule has 0 saturated heterocycles. The highest BCUT2D eigenvalue weighted by Gasteiger charge is 2.09. The van der Waals surface area contributed by atoms with E-state index in [2.05, 4.69) is 38.2 Å². The molecule has 0 aliphatic rings. The van der Waals surface area contributed by atoms with E-state index in [1.807, 2.05) is 0 Å². The Bertz CT molecular complexity index is 651. The molecular weight excluding hydrogens is 621 g/mol. The summed E-state index contributed by atoms with van der Waals surface area (Å²) in [6.07, 6.45) is 45.2. The quantitative estimate of drug-likeness (QED) is 0.0386. The SMILES string of the molecule is CCCCCCCC/C=C\CCCCCCCCOCCOP(=O)([O-])OCCOCCCCCCCC/C=C\CCCCCCCC.[NH4+]. The van der Waals surface area contributed by atoms with Crippen molar-refractivity contribution in [2.45, 2.75) is 194 Å². The topological polar surface area (TPSA) is 114 Å². The molecule has 0 saturated carbocycles. The van der Waals surface area contributed by atoms with Gasteiger partial charge in [-0.05, 0) is 64.2 Å². The Morgan fingerprint density at radius 2 is 0.667 bits per heavy atom. The molecule has 0 aromatic heterocycles. The molecule has 8 heteroatoms. The Hall–Kier alpha value is -0.530. The Morgan fingerprint density at radius 1 is 0.396 bits per heavy atom. The zero-order valence-corrected chi connectivity index (χ0v) is 33.1. The second kappa shape index (κ2) is 42.6. The summed E-state index contributed by atoms with van der Waals surface area (Å²) >= 11 is 0. The van der Waals surface area contributed by atoms with Crippen LogP contribution in [-0.4, -0.2) is 39.6 Å². The van der Waals surface area contributed by atoms with Crippen LogP contribution in [0.2, 0.25) is 0 Å². The van der Waals surface area contributed by atoms with Gasteiger partial charge in [0.1, 0.15) is 0 Å². The number of rotatable bonds is 40. The van der Waals surface area contributed by atoms with Gasteiger partial charge in [-0.15, -0.1) is 0 Å². The maximum Gasteiger partial charge on any atom is 0.268 e. The molecule has 0 aliphatic heterocycles. The lowest BCUT2D eigenvalue weighted by Gasteiger charge is -2.22. The van der Waals surface area contributed by atoms with Crippen molar-refractivity contribution in [3.63, 3.8) is 0 Å². The van der Waals surface area contributed by atoms with Crippen molar-refractivity contribution in [1.82, 2.24) is 6.15 Å². The average Bonchev–Trinajstić information content (AvgIpc) is 3.06. The van der Waals surface area contributed by atoms with Crippen LogP contribution in [0.1, 0.15) is 194 Å². The van der Waals surface area contributed by atoms with E-state index >= 15 is 0 Å². The Balaban J connectivity index is 0. The van der Waals surface area contributed by atoms with E-state index in [4.69, 9.17) is 18.5 Å². The van der Waals surface area contributed by atoms with Crippen LogP contribution < -0.4 is 11.0 Å². The van der Waals surface area contributed by atoms with Crippen molar-refractivity contribution in [2.24, 2.45) is 0 Å². The lowest BCUT2D eigenvalue weighted by Crippen LogP contribution is -2.14. The van der Waals surface area contributed by atoms with E-state index in [-0.39, 0.29) is 32.6 Å². The number of ether oxygens (including phenoxy) is 2. The fourth-order valence-electron chi connectivity index (χ4n) is 5.56. The van der Waals surface area contributed by atoms with Crippen molar-refractivity contribution >= 4 is 7.82 Å². The van der Waals surface area contributed by atoms with Crippen LogP contribution >= 0.6 is 7.82 Å². The van der Waals surface area contributed by atoms with Crippen LogP contribution in [0, 0.1) is 0 Å². The predicted octanol–water partition coefficient (Wildman–Crippen LogP) is 13.0. The van der Waals surface area contributed by atoms with Crippen LogP contribution in [0.3, 0.4) is 0 Å². The number of hydrogen-bond acceptors (Lipinski definition) is 6. The fourth-order valence-corrected chi connectivity index (χ4v) is 6.23. The second-order valence-electron chi connectivity index (χ2n) is 13.2. The summed E-state index contributed by atoms with van der Waals surface area (Å²) < 4.78 is 32.7. The third-order valence-electron chi connectivity index (χ3n) is 8.56. The minimum atomic E-state index is -4.30. The molecule has 0 aliphatic carbocycles. The van der Waals surface area contributed by atoms with Gasteiger partial charge in [0, 0.05) is 13.2 Å². The van der Waals surface area contributed by atoms with Crippen molar-refractivity contribution in [1.29, 1.82) is 0 Å². The van der Waals surface area contributed by atoms with Gasteiger partial charge in [-0.25, -0.2) is 0 Å². The van der Waals surface area contributed by atoms with Crippen LogP contribution in [-0.2, 0) is 23.1 Å². The third-order valence-corrected chi connectivity index (χ3v) is 9.55. The smallest absolute Gasteiger partial charge is 0.268 e. The molecule has 288 valence electrons. The summed E-state index contributed by atoms with van der Waals surface area (Å²) in [5.74, 6) is 0. The van der Waals surface area contributed by atoms with E-state index in [1.165, 1.54) is 154 Å². The van der Waals surface area contributed by atoms with E-state index in [0.717, 1.165) is 25.7 Å². The molecule has 4 N–H and O–H groups in total. The molecule has 0 fully saturated rings. The number of quaternary nitrogens is 1. The van der Waals surface area contributed by atoms with Crippen LogP contribution in [0.15, 0.2) is 24.3 Å². The van der Waals surface area contributed by atoms with Crippen molar-refractivity contribution < 1.29 is 28.0 Å². The highest BCUT2D eigenvalue weighted by molar-refractivity contribution is 7.45. The lowest BCUT2D eigenvalue weighted by atomic mass is 10.1. The van der Waals surface area contributed by atoms with Gasteiger partial charge in [0.2, 0.25) is 0 Å². The molecule has 0 aromatic carbocycles. The van der Waals surface area contributed by atoms with Crippen molar-refractivity contribution in [3.05, 3.63) is 24.3 Å². The Kier molecular flexibility index (Phi) is 44.0. The summed E-state index contributed by atoms with van der Waals surface area (Å²) in [5, 5.41) is 0. The average molecular weight is 704 g/mol. The molecule has 0 atom stereocenters. The van der Waals surface area contributed by atoms with Gasteiger partial charge >= 0.3 is 0 Å². The fraction of sp³-hybridized carbons (Fsp3) is 0.900. The molecule has 7 nitrogen and oxygen atoms in total. The highest BCUT2D eigenvalue weighted by Crippen LogP contribution is 2.37. The number of allylic oxidation sites excluding steroid dienone is 4. The molecular formula is C40H82NO6P. The van der Waals surface area contributed by atoms with Crippen LogP contribution in [0.25, 0.3) is 0 Å². The van der Waals surface area contributed by atoms with Gasteiger partial charge in [0.25, 0.3) is 7.82 Å². The largest absolute Gasteiger partial charge is 0.756 e. The van der Waals surface area contributed by atoms with Gasteiger partial charge < -0.3 is 29.6 Å². The molecule has 0 bridgehead atoms. The Labute approximate surface area is 299 Å². The van der Waals surface area contributed by atoms with Crippen molar-refractivity contribution in [2.75, 3.05) is 39.6 Å². The van der Waals surface area contributed by atoms with E-state index < -0.39 is 7.82 Å². The zero-order chi connectivity index (χ0) is 34.2. The third kappa shape index (κ3) is 43.5. The van der Waals surface area contributed by atoms with Crippen molar-refractivity contribution in [3.8, 4) is 0 Å². The molecule has 0 aromatic rings. The molecule has 0 spiro atoms. The van der Waals surface area contributed by atoms with Gasteiger partial charge in [-0.2, -0.15) is 0 Å². The van der Waals surface area contributed by atoms with E-state index in [0.29, 0.717) is 13.2 Å². The second-order valence-corrected chi connectivity index (χ2v) is 14.6. The first-order chi connectivity index (χ1) is 23.1. The molecule has 0 heterocycles. The van der Waals surface area contributed by atoms with Gasteiger partial charge in [-0.1, -0.05) is 154 Å². The summed E-state index contributed by atoms with van der Waals surface area (Å²) in [6.45, 7) is 6.30. The number of unbranched alkanes of at least 4 members (excludes halogenated alkanes) is 24. The predicted molar refractivity (Wildman–Crippen MR) is 206 cm³/mol. The molecule has 0 rings (SSSR count). The summed E-state index contributed by atoms with van der Waals surface area (Å²) in [7, 11) is -4.30. The maximum absolute atomic E-state index is 11.9. The van der Waals surface area contributed by atoms with Gasteiger partial charge in [0.15, 0.2) is 0 Å². The zero-order valence-electron chi connectivity index (χ0n) is 32.2. The first-order valence-corrected chi connectivity index (χ1v) is 21.6. The highest BCUT2D eigenvalue weighted by atomic mass is 31.2. The minimum Gasteiger partial charge on any atom is -0.756 e. The monoisotopic (exact) mass is 704 g/mol. The van der Waals surface area contributed by atoms with Gasteiger partial charge in [-0.3, -0.25) is 4.57 Å². The minimum absolute atomic E-state index is 0. The molecule has 0 amide bonds. The molecule has 48 heavy (non-hydrogen) atoms. The van der Waals surface area contributed by atoms with E-state index in [1.54, 1.807) is 0 Å². The number of hydrogen-bond donors (Lipinski definition) is 1. The molecule has 0 unspecified atom stereocenters. The summed E-state index contributed by atoms with van der Waals surface area (Å²) in [4.78, 5) is 11.9.